The van der Waals surface area contributed by atoms with Crippen molar-refractivity contribution in [3.8, 4) is 5.75 Å². The number of aliphatic carboxylic acids is 1. The van der Waals surface area contributed by atoms with Gasteiger partial charge in [0, 0.05) is 11.6 Å². The van der Waals surface area contributed by atoms with Crippen molar-refractivity contribution in [2.45, 2.75) is 0 Å². The third kappa shape index (κ3) is 2.75. The van der Waals surface area contributed by atoms with Gasteiger partial charge < -0.3 is 10.2 Å². The van der Waals surface area contributed by atoms with E-state index >= 15 is 0 Å². The highest BCUT2D eigenvalue weighted by Gasteiger charge is 2.00. The summed E-state index contributed by atoms with van der Waals surface area (Å²) in [7, 11) is 0. The third-order valence-corrected chi connectivity index (χ3v) is 1.52. The Morgan fingerprint density at radius 2 is 1.71 bits per heavy atom. The quantitative estimate of drug-likeness (QED) is 0.560. The standard InChI is InChI=1S/C10H8O4/c11-8-3-1-7(2-4-8)9(12)5-6-10(13)14/h1-6,11H,(H,13,14)/p-1. The molecule has 0 saturated heterocycles. The second-order valence-electron chi connectivity index (χ2n) is 2.56. The Morgan fingerprint density at radius 3 is 2.21 bits per heavy atom. The molecule has 0 radical (unpaired) electrons. The van der Waals surface area contributed by atoms with E-state index in [0.717, 1.165) is 12.2 Å². The average molecular weight is 191 g/mol. The van der Waals surface area contributed by atoms with E-state index in [0.29, 0.717) is 5.56 Å². The molecule has 14 heavy (non-hydrogen) atoms. The van der Waals surface area contributed by atoms with Crippen LogP contribution in [-0.2, 0) is 4.79 Å². The lowest BCUT2D eigenvalue weighted by Crippen LogP contribution is -1.97. The summed E-state index contributed by atoms with van der Waals surface area (Å²) in [6.07, 6.45) is 1.70. The van der Waals surface area contributed by atoms with Crippen LogP contribution in [0, 0.1) is 0 Å². The largest absolute Gasteiger partial charge is 0.872 e. The average Bonchev–Trinajstić information content (AvgIpc) is 2.15. The molecule has 0 aromatic heterocycles. The van der Waals surface area contributed by atoms with E-state index in [2.05, 4.69) is 0 Å². The molecule has 0 aliphatic carbocycles. The highest BCUT2D eigenvalue weighted by molar-refractivity contribution is 6.06. The summed E-state index contributed by atoms with van der Waals surface area (Å²) < 4.78 is 0. The van der Waals surface area contributed by atoms with Crippen LogP contribution < -0.4 is 5.11 Å². The Kier molecular flexibility index (Phi) is 3.01. The minimum absolute atomic E-state index is 0.191. The van der Waals surface area contributed by atoms with Crippen LogP contribution in [0.3, 0.4) is 0 Å². The van der Waals surface area contributed by atoms with Crippen LogP contribution >= 0.6 is 0 Å². The van der Waals surface area contributed by atoms with Crippen LogP contribution in [-0.4, -0.2) is 16.9 Å². The Balaban J connectivity index is 2.80. The molecule has 1 rings (SSSR count). The van der Waals surface area contributed by atoms with Crippen molar-refractivity contribution in [1.29, 1.82) is 0 Å². The van der Waals surface area contributed by atoms with Gasteiger partial charge in [-0.1, -0.05) is 24.3 Å². The number of hydrogen-bond donors (Lipinski definition) is 1. The molecule has 0 aliphatic heterocycles. The first kappa shape index (κ1) is 9.98. The van der Waals surface area contributed by atoms with Crippen molar-refractivity contribution in [2.75, 3.05) is 0 Å². The number of ketones is 1. The molecule has 0 atom stereocenters. The number of hydrogen-bond acceptors (Lipinski definition) is 3. The second kappa shape index (κ2) is 4.23. The molecule has 0 aliphatic rings. The minimum atomic E-state index is -1.18. The first-order valence-corrected chi connectivity index (χ1v) is 3.82. The van der Waals surface area contributed by atoms with E-state index in [1.165, 1.54) is 24.3 Å². The topological polar surface area (TPSA) is 77.4 Å². The zero-order valence-corrected chi connectivity index (χ0v) is 7.14. The predicted molar refractivity (Wildman–Crippen MR) is 47.0 cm³/mol. The van der Waals surface area contributed by atoms with Crippen LogP contribution in [0.25, 0.3) is 0 Å². The Morgan fingerprint density at radius 1 is 1.14 bits per heavy atom. The van der Waals surface area contributed by atoms with Crippen molar-refractivity contribution in [3.63, 3.8) is 0 Å². The minimum Gasteiger partial charge on any atom is -0.872 e. The predicted octanol–water partition coefficient (Wildman–Crippen LogP) is 0.584. The Labute approximate surface area is 80.1 Å². The molecule has 0 amide bonds. The molecule has 0 fully saturated rings. The van der Waals surface area contributed by atoms with Crippen LogP contribution in [0.1, 0.15) is 10.4 Å². The molecule has 4 nitrogen and oxygen atoms in total. The lowest BCUT2D eigenvalue weighted by Gasteiger charge is -2.03. The van der Waals surface area contributed by atoms with Gasteiger partial charge in [0.1, 0.15) is 0 Å². The fraction of sp³-hybridized carbons (Fsp3) is 0. The molecule has 4 heteroatoms. The van der Waals surface area contributed by atoms with Crippen molar-refractivity contribution < 1.29 is 19.8 Å². The number of carboxylic acid groups (broad SMARTS) is 1. The van der Waals surface area contributed by atoms with E-state index < -0.39 is 11.8 Å². The van der Waals surface area contributed by atoms with Crippen molar-refractivity contribution in [2.24, 2.45) is 0 Å². The van der Waals surface area contributed by atoms with Crippen molar-refractivity contribution in [3.05, 3.63) is 42.0 Å². The van der Waals surface area contributed by atoms with E-state index in [1.807, 2.05) is 0 Å². The van der Waals surface area contributed by atoms with Gasteiger partial charge in [-0.05, 0) is 6.08 Å². The van der Waals surface area contributed by atoms with E-state index in [1.54, 1.807) is 0 Å². The second-order valence-corrected chi connectivity index (χ2v) is 2.56. The normalized spacial score (nSPS) is 10.3. The number of carboxylic acids is 1. The van der Waals surface area contributed by atoms with Crippen LogP contribution in [0.5, 0.6) is 5.75 Å². The lowest BCUT2D eigenvalue weighted by molar-refractivity contribution is -0.268. The van der Waals surface area contributed by atoms with Gasteiger partial charge in [0.2, 0.25) is 0 Å². The summed E-state index contributed by atoms with van der Waals surface area (Å²) in [5, 5.41) is 19.0. The number of carbonyl (C=O) groups excluding carboxylic acids is 1. The van der Waals surface area contributed by atoms with Crippen molar-refractivity contribution >= 4 is 11.8 Å². The number of allylic oxidation sites excluding steroid dienone is 1. The summed E-state index contributed by atoms with van der Waals surface area (Å²) in [5.41, 5.74) is 0.294. The summed E-state index contributed by atoms with van der Waals surface area (Å²) in [6, 6.07) is 5.22. The molecular weight excluding hydrogens is 184 g/mol. The summed E-state index contributed by atoms with van der Waals surface area (Å²) >= 11 is 0. The Hall–Kier alpha value is -2.10. The fourth-order valence-corrected chi connectivity index (χ4v) is 0.862. The fourth-order valence-electron chi connectivity index (χ4n) is 0.862. The number of benzene rings is 1. The zero-order valence-electron chi connectivity index (χ0n) is 7.14. The smallest absolute Gasteiger partial charge is 0.328 e. The third-order valence-electron chi connectivity index (χ3n) is 1.52. The zero-order chi connectivity index (χ0) is 10.6. The van der Waals surface area contributed by atoms with Crippen LogP contribution in [0.4, 0.5) is 0 Å². The molecule has 0 bridgehead atoms. The van der Waals surface area contributed by atoms with Gasteiger partial charge in [0.05, 0.1) is 0 Å². The van der Waals surface area contributed by atoms with Gasteiger partial charge >= 0.3 is 5.97 Å². The molecule has 1 aromatic rings. The Bertz CT molecular complexity index is 376. The van der Waals surface area contributed by atoms with Gasteiger partial charge in [0.15, 0.2) is 5.78 Å². The van der Waals surface area contributed by atoms with Gasteiger partial charge in [-0.2, -0.15) is 0 Å². The summed E-state index contributed by atoms with van der Waals surface area (Å²) in [6.45, 7) is 0. The summed E-state index contributed by atoms with van der Waals surface area (Å²) in [4.78, 5) is 21.3. The van der Waals surface area contributed by atoms with Gasteiger partial charge in [-0.3, -0.25) is 4.79 Å². The highest BCUT2D eigenvalue weighted by atomic mass is 16.4. The van der Waals surface area contributed by atoms with Crippen molar-refractivity contribution in [1.82, 2.24) is 0 Å². The molecule has 1 aromatic carbocycles. The number of rotatable bonds is 3. The van der Waals surface area contributed by atoms with Gasteiger partial charge in [-0.25, -0.2) is 4.79 Å². The van der Waals surface area contributed by atoms with E-state index in [9.17, 15) is 14.7 Å². The SMILES string of the molecule is O=C(O)C=CC(=O)c1ccc([O-])cc1. The monoisotopic (exact) mass is 191 g/mol. The molecule has 0 saturated carbocycles. The lowest BCUT2D eigenvalue weighted by atomic mass is 10.1. The maximum absolute atomic E-state index is 11.2. The van der Waals surface area contributed by atoms with Gasteiger partial charge in [-0.15, -0.1) is 5.75 Å². The highest BCUT2D eigenvalue weighted by Crippen LogP contribution is 2.07. The van der Waals surface area contributed by atoms with Crippen LogP contribution in [0.2, 0.25) is 0 Å². The van der Waals surface area contributed by atoms with Gasteiger partial charge in [0.25, 0.3) is 0 Å². The molecule has 0 spiro atoms. The molecule has 1 N–H and O–H groups in total. The molecule has 72 valence electrons. The molecule has 0 heterocycles. The van der Waals surface area contributed by atoms with E-state index in [-0.39, 0.29) is 5.75 Å². The summed E-state index contributed by atoms with van der Waals surface area (Å²) in [5.74, 6) is -1.81. The maximum atomic E-state index is 11.2. The maximum Gasteiger partial charge on any atom is 0.328 e. The molecule has 0 unspecified atom stereocenters. The van der Waals surface area contributed by atoms with E-state index in [4.69, 9.17) is 5.11 Å². The van der Waals surface area contributed by atoms with Crippen LogP contribution in [0.15, 0.2) is 36.4 Å². The first-order chi connectivity index (χ1) is 6.59. The first-order valence-electron chi connectivity index (χ1n) is 3.82. The molecular formula is C10H7O4-. The number of carbonyl (C=O) groups is 2.